The van der Waals surface area contributed by atoms with Crippen molar-refractivity contribution < 1.29 is 24.6 Å². The topological polar surface area (TPSA) is 110 Å². The third-order valence-corrected chi connectivity index (χ3v) is 5.81. The second kappa shape index (κ2) is 9.37. The maximum absolute atomic E-state index is 13.0. The zero-order valence-electron chi connectivity index (χ0n) is 16.8. The number of aliphatic hydroxyl groups excluding tert-OH is 1. The van der Waals surface area contributed by atoms with Crippen molar-refractivity contribution >= 4 is 29.2 Å². The molecule has 8 nitrogen and oxygen atoms in total. The fourth-order valence-electron chi connectivity index (χ4n) is 4.24. The Balaban J connectivity index is 1.81. The summed E-state index contributed by atoms with van der Waals surface area (Å²) in [5, 5.41) is 22.2. The molecular weight excluding hydrogens is 374 g/mol. The van der Waals surface area contributed by atoms with E-state index in [2.05, 4.69) is 5.32 Å². The van der Waals surface area contributed by atoms with E-state index >= 15 is 0 Å². The quantitative estimate of drug-likeness (QED) is 0.638. The molecule has 1 aromatic rings. The van der Waals surface area contributed by atoms with Gasteiger partial charge in [0, 0.05) is 19.2 Å². The van der Waals surface area contributed by atoms with Crippen molar-refractivity contribution in [1.82, 2.24) is 5.32 Å². The summed E-state index contributed by atoms with van der Waals surface area (Å²) in [6.07, 6.45) is 4.73. The smallest absolute Gasteiger partial charge is 0.335 e. The predicted molar refractivity (Wildman–Crippen MR) is 109 cm³/mol. The second-order valence-corrected chi connectivity index (χ2v) is 7.75. The lowest BCUT2D eigenvalue weighted by molar-refractivity contribution is -0.122. The molecule has 0 aromatic heterocycles. The van der Waals surface area contributed by atoms with Gasteiger partial charge in [-0.15, -0.1) is 0 Å². The summed E-state index contributed by atoms with van der Waals surface area (Å²) in [6.45, 7) is 2.50. The number of hydrogen-bond donors (Lipinski definition) is 3. The van der Waals surface area contributed by atoms with E-state index in [1.54, 1.807) is 11.0 Å². The minimum Gasteiger partial charge on any atom is -0.478 e. The summed E-state index contributed by atoms with van der Waals surface area (Å²) in [4.78, 5) is 40.0. The molecule has 0 saturated heterocycles. The van der Waals surface area contributed by atoms with E-state index in [-0.39, 0.29) is 49.0 Å². The Labute approximate surface area is 170 Å². The molecule has 2 atom stereocenters. The first kappa shape index (κ1) is 21.3. The van der Waals surface area contributed by atoms with Gasteiger partial charge in [-0.3, -0.25) is 14.5 Å². The van der Waals surface area contributed by atoms with Crippen molar-refractivity contribution in [2.75, 3.05) is 36.0 Å². The van der Waals surface area contributed by atoms with Crippen molar-refractivity contribution in [2.45, 2.75) is 45.1 Å². The predicted octanol–water partition coefficient (Wildman–Crippen LogP) is 1.62. The first-order valence-corrected chi connectivity index (χ1v) is 10.3. The highest BCUT2D eigenvalue weighted by atomic mass is 16.4. The number of fused-ring (bicyclic) bond motifs is 1. The lowest BCUT2D eigenvalue weighted by atomic mass is 9.85. The molecule has 8 heteroatoms. The fourth-order valence-corrected chi connectivity index (χ4v) is 4.24. The standard InChI is InChI=1S/C21H29N3O5/c1-2-9-23-17-8-7-14(21(28)29)10-18(17)24(12-20(23)27)19(26)11-22-16-6-4-3-5-15(16)13-25/h7-8,10,15-16,22,25H,2-6,9,11-13H2,1H3,(H,28,29). The van der Waals surface area contributed by atoms with E-state index in [9.17, 15) is 24.6 Å². The van der Waals surface area contributed by atoms with Crippen LogP contribution in [0.3, 0.4) is 0 Å². The molecule has 1 aliphatic carbocycles. The van der Waals surface area contributed by atoms with Crippen LogP contribution in [0.25, 0.3) is 0 Å². The van der Waals surface area contributed by atoms with Crippen molar-refractivity contribution in [1.29, 1.82) is 0 Å². The Kier molecular flexibility index (Phi) is 6.87. The Morgan fingerprint density at radius 3 is 2.66 bits per heavy atom. The van der Waals surface area contributed by atoms with Gasteiger partial charge in [-0.2, -0.15) is 0 Å². The average molecular weight is 403 g/mol. The third-order valence-electron chi connectivity index (χ3n) is 5.81. The summed E-state index contributed by atoms with van der Waals surface area (Å²) in [5.74, 6) is -1.40. The van der Waals surface area contributed by atoms with E-state index in [1.165, 1.54) is 17.0 Å². The molecule has 1 saturated carbocycles. The maximum atomic E-state index is 13.0. The number of aliphatic hydroxyl groups is 1. The number of anilines is 2. The van der Waals surface area contributed by atoms with Crippen LogP contribution in [0.1, 0.15) is 49.4 Å². The maximum Gasteiger partial charge on any atom is 0.335 e. The molecule has 1 aliphatic heterocycles. The SMILES string of the molecule is CCCN1C(=O)CN(C(=O)CNC2CCCCC2CO)c2cc(C(=O)O)ccc21. The van der Waals surface area contributed by atoms with E-state index in [1.807, 2.05) is 6.92 Å². The Hall–Kier alpha value is -2.45. The molecule has 3 N–H and O–H groups in total. The van der Waals surface area contributed by atoms with Gasteiger partial charge in [0.25, 0.3) is 0 Å². The number of hydrogen-bond acceptors (Lipinski definition) is 5. The Morgan fingerprint density at radius 1 is 1.21 bits per heavy atom. The largest absolute Gasteiger partial charge is 0.478 e. The molecule has 1 heterocycles. The van der Waals surface area contributed by atoms with Gasteiger partial charge in [-0.05, 0) is 43.4 Å². The van der Waals surface area contributed by atoms with Gasteiger partial charge in [0.15, 0.2) is 0 Å². The molecule has 158 valence electrons. The monoisotopic (exact) mass is 403 g/mol. The normalized spacial score (nSPS) is 21.8. The molecule has 2 amide bonds. The number of benzene rings is 1. The fraction of sp³-hybridized carbons (Fsp3) is 0.571. The summed E-state index contributed by atoms with van der Waals surface area (Å²) >= 11 is 0. The van der Waals surface area contributed by atoms with Crippen LogP contribution in [0.15, 0.2) is 18.2 Å². The zero-order chi connectivity index (χ0) is 21.0. The number of carbonyl (C=O) groups excluding carboxylic acids is 2. The summed E-state index contributed by atoms with van der Waals surface area (Å²) < 4.78 is 0. The third kappa shape index (κ3) is 4.59. The van der Waals surface area contributed by atoms with Crippen molar-refractivity contribution in [3.05, 3.63) is 23.8 Å². The highest BCUT2D eigenvalue weighted by Gasteiger charge is 2.33. The molecule has 0 bridgehead atoms. The number of rotatable bonds is 7. The van der Waals surface area contributed by atoms with Crippen LogP contribution < -0.4 is 15.1 Å². The van der Waals surface area contributed by atoms with Gasteiger partial charge < -0.3 is 20.4 Å². The summed E-state index contributed by atoms with van der Waals surface area (Å²) in [7, 11) is 0. The molecule has 2 unspecified atom stereocenters. The molecule has 2 aliphatic rings. The van der Waals surface area contributed by atoms with E-state index in [4.69, 9.17) is 0 Å². The average Bonchev–Trinajstić information content (AvgIpc) is 2.73. The van der Waals surface area contributed by atoms with E-state index < -0.39 is 5.97 Å². The van der Waals surface area contributed by atoms with E-state index in [0.29, 0.717) is 17.9 Å². The molecule has 0 spiro atoms. The number of nitrogens with zero attached hydrogens (tertiary/aromatic N) is 2. The first-order chi connectivity index (χ1) is 14.0. The Bertz CT molecular complexity index is 782. The molecular formula is C21H29N3O5. The van der Waals surface area contributed by atoms with Crippen LogP contribution in [0.5, 0.6) is 0 Å². The molecule has 1 fully saturated rings. The highest BCUT2D eigenvalue weighted by molar-refractivity contribution is 6.12. The number of amides is 2. The molecule has 3 rings (SSSR count). The first-order valence-electron chi connectivity index (χ1n) is 10.3. The lowest BCUT2D eigenvalue weighted by Gasteiger charge is -2.37. The lowest BCUT2D eigenvalue weighted by Crippen LogP contribution is -2.52. The van der Waals surface area contributed by atoms with Crippen LogP contribution in [-0.2, 0) is 9.59 Å². The minimum atomic E-state index is -1.08. The number of nitrogens with one attached hydrogen (secondary N) is 1. The van der Waals surface area contributed by atoms with Gasteiger partial charge in [0.1, 0.15) is 6.54 Å². The van der Waals surface area contributed by atoms with Gasteiger partial charge in [-0.1, -0.05) is 19.8 Å². The summed E-state index contributed by atoms with van der Waals surface area (Å²) in [5.41, 5.74) is 1.09. The van der Waals surface area contributed by atoms with E-state index in [0.717, 1.165) is 32.1 Å². The summed E-state index contributed by atoms with van der Waals surface area (Å²) in [6, 6.07) is 4.58. The van der Waals surface area contributed by atoms with Crippen LogP contribution in [-0.4, -0.2) is 60.3 Å². The number of carboxylic acids is 1. The number of carbonyl (C=O) groups is 3. The molecule has 0 radical (unpaired) electrons. The van der Waals surface area contributed by atoms with Crippen molar-refractivity contribution in [2.24, 2.45) is 5.92 Å². The second-order valence-electron chi connectivity index (χ2n) is 7.75. The van der Waals surface area contributed by atoms with Crippen molar-refractivity contribution in [3.8, 4) is 0 Å². The number of carboxylic acid groups (broad SMARTS) is 1. The van der Waals surface area contributed by atoms with Crippen LogP contribution >= 0.6 is 0 Å². The van der Waals surface area contributed by atoms with Crippen LogP contribution in [0.2, 0.25) is 0 Å². The molecule has 29 heavy (non-hydrogen) atoms. The number of aromatic carboxylic acids is 1. The van der Waals surface area contributed by atoms with Crippen LogP contribution in [0, 0.1) is 5.92 Å². The van der Waals surface area contributed by atoms with Crippen molar-refractivity contribution in [3.63, 3.8) is 0 Å². The highest BCUT2D eigenvalue weighted by Crippen LogP contribution is 2.35. The van der Waals surface area contributed by atoms with Gasteiger partial charge in [0.05, 0.1) is 23.5 Å². The minimum absolute atomic E-state index is 0.0406. The zero-order valence-corrected chi connectivity index (χ0v) is 16.8. The Morgan fingerprint density at radius 2 is 1.97 bits per heavy atom. The van der Waals surface area contributed by atoms with Crippen LogP contribution in [0.4, 0.5) is 11.4 Å². The van der Waals surface area contributed by atoms with Gasteiger partial charge >= 0.3 is 5.97 Å². The van der Waals surface area contributed by atoms with Gasteiger partial charge in [-0.25, -0.2) is 4.79 Å². The molecule has 1 aromatic carbocycles. The van der Waals surface area contributed by atoms with Gasteiger partial charge in [0.2, 0.25) is 11.8 Å².